The Morgan fingerprint density at radius 1 is 1.42 bits per heavy atom. The van der Waals surface area contributed by atoms with Crippen LogP contribution >= 0.6 is 11.3 Å². The van der Waals surface area contributed by atoms with E-state index < -0.39 is 0 Å². The second-order valence-corrected chi connectivity index (χ2v) is 7.26. The summed E-state index contributed by atoms with van der Waals surface area (Å²) < 4.78 is 0. The fourth-order valence-corrected chi connectivity index (χ4v) is 3.86. The van der Waals surface area contributed by atoms with Crippen LogP contribution in [0.15, 0.2) is 17.5 Å². The molecule has 0 amide bonds. The van der Waals surface area contributed by atoms with E-state index in [-0.39, 0.29) is 5.41 Å². The van der Waals surface area contributed by atoms with E-state index in [1.807, 2.05) is 11.3 Å². The lowest BCUT2D eigenvalue weighted by atomic mass is 9.71. The van der Waals surface area contributed by atoms with Gasteiger partial charge in [-0.25, -0.2) is 0 Å². The van der Waals surface area contributed by atoms with E-state index in [4.69, 9.17) is 0 Å². The van der Waals surface area contributed by atoms with Gasteiger partial charge >= 0.3 is 0 Å². The zero-order chi connectivity index (χ0) is 13.7. The normalized spacial score (nSPS) is 27.9. The summed E-state index contributed by atoms with van der Waals surface area (Å²) in [6, 6.07) is 4.33. The van der Waals surface area contributed by atoms with E-state index in [0.717, 1.165) is 25.6 Å². The zero-order valence-electron chi connectivity index (χ0n) is 12.3. The van der Waals surface area contributed by atoms with E-state index in [0.29, 0.717) is 6.61 Å². The molecule has 108 valence electrons. The summed E-state index contributed by atoms with van der Waals surface area (Å²) in [6.07, 6.45) is 4.92. The summed E-state index contributed by atoms with van der Waals surface area (Å²) in [5, 5.41) is 12.0. The first-order valence-corrected chi connectivity index (χ1v) is 8.41. The first-order valence-electron chi connectivity index (χ1n) is 7.53. The van der Waals surface area contributed by atoms with Gasteiger partial charge in [-0.05, 0) is 36.8 Å². The highest BCUT2D eigenvalue weighted by Gasteiger charge is 2.35. The Kier molecular flexibility index (Phi) is 5.43. The lowest BCUT2D eigenvalue weighted by Crippen LogP contribution is -2.42. The number of aliphatic hydroxyl groups excluding tert-OH is 1. The predicted molar refractivity (Wildman–Crippen MR) is 82.4 cm³/mol. The van der Waals surface area contributed by atoms with Crippen LogP contribution in [0, 0.1) is 11.3 Å². The van der Waals surface area contributed by atoms with Gasteiger partial charge in [0.2, 0.25) is 0 Å². The summed E-state index contributed by atoms with van der Waals surface area (Å²) in [7, 11) is 0. The van der Waals surface area contributed by atoms with Gasteiger partial charge in [0.1, 0.15) is 0 Å². The molecule has 3 heteroatoms. The minimum absolute atomic E-state index is 0.153. The Morgan fingerprint density at radius 2 is 2.16 bits per heavy atom. The van der Waals surface area contributed by atoms with Crippen LogP contribution in [-0.4, -0.2) is 29.7 Å². The van der Waals surface area contributed by atoms with Crippen molar-refractivity contribution in [2.24, 2.45) is 11.3 Å². The first-order chi connectivity index (χ1) is 9.17. The topological polar surface area (TPSA) is 23.5 Å². The Hall–Kier alpha value is -0.380. The third-order valence-electron chi connectivity index (χ3n) is 4.64. The summed E-state index contributed by atoms with van der Waals surface area (Å²) in [6.45, 7) is 8.06. The number of thiophene rings is 1. The number of hydrogen-bond acceptors (Lipinski definition) is 3. The second kappa shape index (κ2) is 6.87. The van der Waals surface area contributed by atoms with Crippen molar-refractivity contribution < 1.29 is 5.11 Å². The molecule has 0 aliphatic heterocycles. The summed E-state index contributed by atoms with van der Waals surface area (Å²) in [5.74, 6) is 0.840. The molecule has 1 heterocycles. The van der Waals surface area contributed by atoms with Crippen LogP contribution in [-0.2, 0) is 6.54 Å². The third kappa shape index (κ3) is 4.04. The molecule has 1 saturated carbocycles. The van der Waals surface area contributed by atoms with Crippen LogP contribution in [0.3, 0.4) is 0 Å². The van der Waals surface area contributed by atoms with Gasteiger partial charge in [0, 0.05) is 30.0 Å². The lowest BCUT2D eigenvalue weighted by molar-refractivity contribution is 0.0287. The SMILES string of the molecule is CCN(Cc1cccs1)CC1(CO)CCC(C)CC1. The van der Waals surface area contributed by atoms with E-state index >= 15 is 0 Å². The van der Waals surface area contributed by atoms with Crippen molar-refractivity contribution in [2.75, 3.05) is 19.7 Å². The largest absolute Gasteiger partial charge is 0.396 e. The maximum atomic E-state index is 9.87. The summed E-state index contributed by atoms with van der Waals surface area (Å²) >= 11 is 1.83. The Bertz CT molecular complexity index is 355. The van der Waals surface area contributed by atoms with E-state index in [1.54, 1.807) is 0 Å². The van der Waals surface area contributed by atoms with Gasteiger partial charge in [-0.15, -0.1) is 11.3 Å². The minimum atomic E-state index is 0.153. The molecule has 0 unspecified atom stereocenters. The Morgan fingerprint density at radius 3 is 2.68 bits per heavy atom. The Balaban J connectivity index is 1.95. The smallest absolute Gasteiger partial charge is 0.0499 e. The standard InChI is InChI=1S/C16H27NOS/c1-3-17(11-15-5-4-10-19-15)12-16(13-18)8-6-14(2)7-9-16/h4-5,10,14,18H,3,6-9,11-13H2,1-2H3. The molecule has 1 aromatic rings. The van der Waals surface area contributed by atoms with Crippen LogP contribution in [0.1, 0.15) is 44.4 Å². The minimum Gasteiger partial charge on any atom is -0.396 e. The molecule has 0 aromatic carbocycles. The maximum absolute atomic E-state index is 9.87. The fraction of sp³-hybridized carbons (Fsp3) is 0.750. The second-order valence-electron chi connectivity index (χ2n) is 6.22. The fourth-order valence-electron chi connectivity index (χ4n) is 3.12. The number of hydrogen-bond donors (Lipinski definition) is 1. The molecule has 19 heavy (non-hydrogen) atoms. The van der Waals surface area contributed by atoms with Crippen molar-refractivity contribution in [3.05, 3.63) is 22.4 Å². The third-order valence-corrected chi connectivity index (χ3v) is 5.50. The molecule has 0 spiro atoms. The molecule has 1 aliphatic rings. The number of nitrogens with zero attached hydrogens (tertiary/aromatic N) is 1. The molecular formula is C16H27NOS. The Labute approximate surface area is 121 Å². The number of rotatable bonds is 6. The van der Waals surface area contributed by atoms with E-state index in [1.165, 1.54) is 30.6 Å². The van der Waals surface area contributed by atoms with Crippen molar-refractivity contribution in [1.82, 2.24) is 4.90 Å². The summed E-state index contributed by atoms with van der Waals surface area (Å²) in [4.78, 5) is 3.93. The van der Waals surface area contributed by atoms with Crippen LogP contribution in [0.2, 0.25) is 0 Å². The molecule has 0 saturated heterocycles. The van der Waals surface area contributed by atoms with Gasteiger partial charge in [0.25, 0.3) is 0 Å². The van der Waals surface area contributed by atoms with Crippen LogP contribution in [0.25, 0.3) is 0 Å². The van der Waals surface area contributed by atoms with Crippen molar-refractivity contribution in [3.63, 3.8) is 0 Å². The molecule has 1 N–H and O–H groups in total. The average Bonchev–Trinajstić information content (AvgIpc) is 2.94. The van der Waals surface area contributed by atoms with Crippen molar-refractivity contribution in [3.8, 4) is 0 Å². The molecule has 0 atom stereocenters. The molecule has 1 aliphatic carbocycles. The molecule has 2 nitrogen and oxygen atoms in total. The van der Waals surface area contributed by atoms with Crippen molar-refractivity contribution >= 4 is 11.3 Å². The lowest BCUT2D eigenvalue weighted by Gasteiger charge is -2.41. The van der Waals surface area contributed by atoms with Gasteiger partial charge in [-0.3, -0.25) is 4.90 Å². The van der Waals surface area contributed by atoms with E-state index in [9.17, 15) is 5.11 Å². The highest BCUT2D eigenvalue weighted by Crippen LogP contribution is 2.39. The predicted octanol–water partition coefficient (Wildman–Crippen LogP) is 3.76. The van der Waals surface area contributed by atoms with Gasteiger partial charge in [0.15, 0.2) is 0 Å². The molecule has 1 fully saturated rings. The molecule has 2 rings (SSSR count). The highest BCUT2D eigenvalue weighted by molar-refractivity contribution is 7.09. The van der Waals surface area contributed by atoms with Gasteiger partial charge in [-0.2, -0.15) is 0 Å². The summed E-state index contributed by atoms with van der Waals surface area (Å²) in [5.41, 5.74) is 0.153. The van der Waals surface area contributed by atoms with Crippen LogP contribution < -0.4 is 0 Å². The highest BCUT2D eigenvalue weighted by atomic mass is 32.1. The number of aliphatic hydroxyl groups is 1. The average molecular weight is 281 g/mol. The van der Waals surface area contributed by atoms with E-state index in [2.05, 4.69) is 36.3 Å². The first kappa shape index (κ1) is 15.0. The molecular weight excluding hydrogens is 254 g/mol. The van der Waals surface area contributed by atoms with Crippen molar-refractivity contribution in [2.45, 2.75) is 46.1 Å². The van der Waals surface area contributed by atoms with Crippen LogP contribution in [0.5, 0.6) is 0 Å². The van der Waals surface area contributed by atoms with Gasteiger partial charge < -0.3 is 5.11 Å². The monoisotopic (exact) mass is 281 g/mol. The molecule has 0 radical (unpaired) electrons. The molecule has 1 aromatic heterocycles. The van der Waals surface area contributed by atoms with Gasteiger partial charge in [0.05, 0.1) is 0 Å². The van der Waals surface area contributed by atoms with Crippen molar-refractivity contribution in [1.29, 1.82) is 0 Å². The maximum Gasteiger partial charge on any atom is 0.0499 e. The zero-order valence-corrected chi connectivity index (χ0v) is 13.1. The quantitative estimate of drug-likeness (QED) is 0.858. The molecule has 0 bridgehead atoms. The van der Waals surface area contributed by atoms with Crippen LogP contribution in [0.4, 0.5) is 0 Å². The van der Waals surface area contributed by atoms with Gasteiger partial charge in [-0.1, -0.05) is 32.8 Å².